The number of nitro benzene ring substituents is 1. The van der Waals surface area contributed by atoms with Crippen LogP contribution in [-0.4, -0.2) is 15.8 Å². The molecule has 0 bridgehead atoms. The number of benzene rings is 1. The zero-order valence-electron chi connectivity index (χ0n) is 11.4. The molecule has 2 aromatic rings. The summed E-state index contributed by atoms with van der Waals surface area (Å²) < 4.78 is 0. The molecule has 0 spiro atoms. The quantitative estimate of drug-likeness (QED) is 0.645. The Kier molecular flexibility index (Phi) is 4.13. The summed E-state index contributed by atoms with van der Waals surface area (Å²) >= 11 is 0. The van der Waals surface area contributed by atoms with E-state index in [0.717, 1.165) is 17.5 Å². The van der Waals surface area contributed by atoms with Gasteiger partial charge in [0.2, 0.25) is 5.91 Å². The molecule has 0 saturated heterocycles. The molecule has 2 rings (SSSR count). The van der Waals surface area contributed by atoms with Crippen molar-refractivity contribution in [3.8, 4) is 0 Å². The van der Waals surface area contributed by atoms with E-state index < -0.39 is 10.8 Å². The molecular weight excluding hydrogens is 272 g/mol. The highest BCUT2D eigenvalue weighted by Crippen LogP contribution is 2.25. The number of nitrogens with two attached hydrogens (primary N) is 1. The number of aryl methyl sites for hydroxylation is 1. The molecule has 0 radical (unpaired) electrons. The minimum absolute atomic E-state index is 0.0981. The highest BCUT2D eigenvalue weighted by atomic mass is 16.6. The number of anilines is 1. The molecule has 7 nitrogen and oxygen atoms in total. The highest BCUT2D eigenvalue weighted by Gasteiger charge is 2.16. The second-order valence-electron chi connectivity index (χ2n) is 4.48. The summed E-state index contributed by atoms with van der Waals surface area (Å²) in [5, 5.41) is 14.0. The summed E-state index contributed by atoms with van der Waals surface area (Å²) in [6.07, 6.45) is 0. The molecule has 1 aromatic carbocycles. The van der Waals surface area contributed by atoms with Crippen LogP contribution in [0.2, 0.25) is 0 Å². The molecule has 0 unspecified atom stereocenters. The molecule has 0 aliphatic heterocycles. The van der Waals surface area contributed by atoms with Gasteiger partial charge in [-0.3, -0.25) is 19.9 Å². The average molecular weight is 286 g/mol. The van der Waals surface area contributed by atoms with Crippen molar-refractivity contribution >= 4 is 17.3 Å². The number of nitrogens with one attached hydrogen (secondary N) is 1. The van der Waals surface area contributed by atoms with Gasteiger partial charge in [0.15, 0.2) is 0 Å². The molecule has 0 atom stereocenters. The van der Waals surface area contributed by atoms with Crippen LogP contribution < -0.4 is 11.1 Å². The molecule has 7 heteroatoms. The molecule has 1 aromatic heterocycles. The third-order valence-corrected chi connectivity index (χ3v) is 2.88. The third kappa shape index (κ3) is 3.53. The normalized spacial score (nSPS) is 10.1. The first-order chi connectivity index (χ1) is 9.97. The number of rotatable bonds is 5. The van der Waals surface area contributed by atoms with Gasteiger partial charge in [0.05, 0.1) is 17.2 Å². The summed E-state index contributed by atoms with van der Waals surface area (Å²) in [6, 6.07) is 9.63. The van der Waals surface area contributed by atoms with Gasteiger partial charge in [-0.05, 0) is 31.2 Å². The Morgan fingerprint density at radius 1 is 1.38 bits per heavy atom. The second kappa shape index (κ2) is 6.00. The lowest BCUT2D eigenvalue weighted by atomic mass is 10.1. The Bertz CT molecular complexity index is 700. The average Bonchev–Trinajstić information content (AvgIpc) is 2.44. The molecule has 108 valence electrons. The summed E-state index contributed by atoms with van der Waals surface area (Å²) in [7, 11) is 0. The van der Waals surface area contributed by atoms with Crippen molar-refractivity contribution in [1.29, 1.82) is 0 Å². The van der Waals surface area contributed by atoms with Crippen LogP contribution >= 0.6 is 0 Å². The van der Waals surface area contributed by atoms with Crippen LogP contribution in [0, 0.1) is 17.0 Å². The predicted octanol–water partition coefficient (Wildman–Crippen LogP) is 2.01. The minimum Gasteiger partial charge on any atom is -0.374 e. The summed E-state index contributed by atoms with van der Waals surface area (Å²) in [5.74, 6) is -0.704. The lowest BCUT2D eigenvalue weighted by Gasteiger charge is -2.08. The van der Waals surface area contributed by atoms with E-state index in [2.05, 4.69) is 10.3 Å². The van der Waals surface area contributed by atoms with Crippen LogP contribution in [0.1, 0.15) is 21.7 Å². The van der Waals surface area contributed by atoms with Crippen LogP contribution in [0.15, 0.2) is 36.4 Å². The molecule has 0 aliphatic carbocycles. The van der Waals surface area contributed by atoms with Gasteiger partial charge in [-0.25, -0.2) is 0 Å². The van der Waals surface area contributed by atoms with Crippen molar-refractivity contribution in [3.05, 3.63) is 63.5 Å². The lowest BCUT2D eigenvalue weighted by molar-refractivity contribution is -0.384. The van der Waals surface area contributed by atoms with E-state index in [1.54, 1.807) is 0 Å². The number of nitro groups is 1. The number of nitrogens with zero attached hydrogens (tertiary/aromatic N) is 2. The lowest BCUT2D eigenvalue weighted by Crippen LogP contribution is -2.12. The maximum absolute atomic E-state index is 11.1. The van der Waals surface area contributed by atoms with Gasteiger partial charge in [0, 0.05) is 17.3 Å². The summed E-state index contributed by atoms with van der Waals surface area (Å²) in [4.78, 5) is 25.9. The molecule has 3 N–H and O–H groups in total. The van der Waals surface area contributed by atoms with E-state index in [1.807, 2.05) is 25.1 Å². The molecule has 1 amide bonds. The van der Waals surface area contributed by atoms with Crippen molar-refractivity contribution in [1.82, 2.24) is 4.98 Å². The predicted molar refractivity (Wildman–Crippen MR) is 77.9 cm³/mol. The fourth-order valence-corrected chi connectivity index (χ4v) is 1.87. The van der Waals surface area contributed by atoms with Gasteiger partial charge in [0.25, 0.3) is 5.69 Å². The number of hydrogen-bond acceptors (Lipinski definition) is 5. The van der Waals surface area contributed by atoms with Crippen molar-refractivity contribution in [2.24, 2.45) is 5.73 Å². The number of amides is 1. The van der Waals surface area contributed by atoms with Crippen LogP contribution in [-0.2, 0) is 6.54 Å². The SMILES string of the molecule is Cc1cccc(CNc2ccc(C(N)=O)cc2[N+](=O)[O-])n1. The molecule has 0 saturated carbocycles. The third-order valence-electron chi connectivity index (χ3n) is 2.88. The van der Waals surface area contributed by atoms with E-state index in [4.69, 9.17) is 5.73 Å². The maximum Gasteiger partial charge on any atom is 0.293 e. The van der Waals surface area contributed by atoms with Crippen molar-refractivity contribution < 1.29 is 9.72 Å². The Balaban J connectivity index is 2.23. The largest absolute Gasteiger partial charge is 0.374 e. The smallest absolute Gasteiger partial charge is 0.293 e. The van der Waals surface area contributed by atoms with Gasteiger partial charge in [-0.1, -0.05) is 6.07 Å². The number of pyridine rings is 1. The summed E-state index contributed by atoms with van der Waals surface area (Å²) in [5.41, 5.74) is 6.97. The van der Waals surface area contributed by atoms with Crippen molar-refractivity contribution in [3.63, 3.8) is 0 Å². The van der Waals surface area contributed by atoms with Gasteiger partial charge in [-0.2, -0.15) is 0 Å². The molecule has 0 aliphatic rings. The van der Waals surface area contributed by atoms with Gasteiger partial charge in [0.1, 0.15) is 5.69 Å². The van der Waals surface area contributed by atoms with Gasteiger partial charge >= 0.3 is 0 Å². The minimum atomic E-state index is -0.704. The molecule has 21 heavy (non-hydrogen) atoms. The van der Waals surface area contributed by atoms with Crippen molar-refractivity contribution in [2.75, 3.05) is 5.32 Å². The highest BCUT2D eigenvalue weighted by molar-refractivity contribution is 5.94. The number of carbonyl (C=O) groups excluding carboxylic acids is 1. The van der Waals surface area contributed by atoms with E-state index >= 15 is 0 Å². The second-order valence-corrected chi connectivity index (χ2v) is 4.48. The maximum atomic E-state index is 11.1. The zero-order valence-corrected chi connectivity index (χ0v) is 11.4. The molecular formula is C14H14N4O3. The van der Waals surface area contributed by atoms with Gasteiger partial charge < -0.3 is 11.1 Å². The number of primary amides is 1. The monoisotopic (exact) mass is 286 g/mol. The first-order valence-electron chi connectivity index (χ1n) is 6.22. The summed E-state index contributed by atoms with van der Waals surface area (Å²) in [6.45, 7) is 2.21. The zero-order chi connectivity index (χ0) is 15.4. The number of carbonyl (C=O) groups is 1. The fraction of sp³-hybridized carbons (Fsp3) is 0.143. The Hall–Kier alpha value is -2.96. The first-order valence-corrected chi connectivity index (χ1v) is 6.22. The van der Waals surface area contributed by atoms with Gasteiger partial charge in [-0.15, -0.1) is 0 Å². The molecule has 0 fully saturated rings. The molecule has 1 heterocycles. The van der Waals surface area contributed by atoms with E-state index in [-0.39, 0.29) is 11.3 Å². The van der Waals surface area contributed by atoms with Crippen LogP contribution in [0.4, 0.5) is 11.4 Å². The first kappa shape index (κ1) is 14.4. The Morgan fingerprint density at radius 3 is 2.76 bits per heavy atom. The number of aromatic nitrogens is 1. The van der Waals surface area contributed by atoms with Crippen LogP contribution in [0.25, 0.3) is 0 Å². The topological polar surface area (TPSA) is 111 Å². The van der Waals surface area contributed by atoms with E-state index in [9.17, 15) is 14.9 Å². The van der Waals surface area contributed by atoms with Crippen LogP contribution in [0.5, 0.6) is 0 Å². The van der Waals surface area contributed by atoms with Crippen molar-refractivity contribution in [2.45, 2.75) is 13.5 Å². The van der Waals surface area contributed by atoms with Crippen LogP contribution in [0.3, 0.4) is 0 Å². The Labute approximate surface area is 121 Å². The Morgan fingerprint density at radius 2 is 2.14 bits per heavy atom. The van der Waals surface area contributed by atoms with E-state index in [1.165, 1.54) is 12.1 Å². The standard InChI is InChI=1S/C14H14N4O3/c1-9-3-2-4-11(17-9)8-16-12-6-5-10(14(15)19)7-13(12)18(20)21/h2-7,16H,8H2,1H3,(H2,15,19). The number of hydrogen-bond donors (Lipinski definition) is 2. The fourth-order valence-electron chi connectivity index (χ4n) is 1.87. The van der Waals surface area contributed by atoms with E-state index in [0.29, 0.717) is 12.2 Å².